The highest BCUT2D eigenvalue weighted by atomic mass is 16.2. The number of amides is 1. The molecule has 29 heavy (non-hydrogen) atoms. The summed E-state index contributed by atoms with van der Waals surface area (Å²) < 4.78 is 2.22. The van der Waals surface area contributed by atoms with Gasteiger partial charge in [-0.3, -0.25) is 9.69 Å². The van der Waals surface area contributed by atoms with Crippen LogP contribution >= 0.6 is 0 Å². The van der Waals surface area contributed by atoms with Crippen molar-refractivity contribution in [3.63, 3.8) is 0 Å². The number of hydrogen-bond donors (Lipinski definition) is 0. The molecule has 0 saturated heterocycles. The highest BCUT2D eigenvalue weighted by Gasteiger charge is 2.54. The van der Waals surface area contributed by atoms with Crippen LogP contribution in [-0.2, 0) is 23.2 Å². The minimum atomic E-state index is 0.0720. The Hall–Kier alpha value is -2.17. The molecule has 1 aromatic heterocycles. The van der Waals surface area contributed by atoms with Crippen LogP contribution in [0.15, 0.2) is 30.3 Å². The van der Waals surface area contributed by atoms with Gasteiger partial charge in [0.2, 0.25) is 11.9 Å². The van der Waals surface area contributed by atoms with Crippen LogP contribution in [0.25, 0.3) is 0 Å². The Morgan fingerprint density at radius 2 is 1.83 bits per heavy atom. The van der Waals surface area contributed by atoms with E-state index in [0.29, 0.717) is 12.3 Å². The third-order valence-electron chi connectivity index (χ3n) is 7.53. The molecule has 2 fully saturated rings. The molecule has 0 N–H and O–H groups in total. The van der Waals surface area contributed by atoms with Crippen LogP contribution in [0, 0.1) is 5.92 Å². The van der Waals surface area contributed by atoms with E-state index in [2.05, 4.69) is 16.5 Å². The number of carbonyl (C=O) groups excluding carboxylic acids is 1. The van der Waals surface area contributed by atoms with Crippen molar-refractivity contribution in [2.24, 2.45) is 5.92 Å². The average molecular weight is 393 g/mol. The summed E-state index contributed by atoms with van der Waals surface area (Å²) in [5.74, 6) is 2.39. The molecule has 0 bridgehead atoms. The maximum absolute atomic E-state index is 13.6. The van der Waals surface area contributed by atoms with Crippen molar-refractivity contribution in [2.75, 3.05) is 4.90 Å². The van der Waals surface area contributed by atoms with Gasteiger partial charge in [0.05, 0.1) is 12.0 Å². The monoisotopic (exact) mass is 392 g/mol. The van der Waals surface area contributed by atoms with Gasteiger partial charge in [-0.15, -0.1) is 0 Å². The van der Waals surface area contributed by atoms with Crippen LogP contribution in [0.1, 0.15) is 76.1 Å². The van der Waals surface area contributed by atoms with Crippen LogP contribution in [0.5, 0.6) is 0 Å². The fraction of sp³-hybridized carbons (Fsp3) is 0.625. The quantitative estimate of drug-likeness (QED) is 0.764. The lowest BCUT2D eigenvalue weighted by atomic mass is 9.64. The zero-order chi connectivity index (χ0) is 19.8. The van der Waals surface area contributed by atoms with Gasteiger partial charge in [-0.05, 0) is 31.2 Å². The van der Waals surface area contributed by atoms with Crippen LogP contribution in [0.2, 0.25) is 0 Å². The zero-order valence-corrected chi connectivity index (χ0v) is 17.5. The molecular weight excluding hydrogens is 360 g/mol. The van der Waals surface area contributed by atoms with Crippen molar-refractivity contribution < 1.29 is 4.79 Å². The Balaban J connectivity index is 1.59. The first-order chi connectivity index (χ1) is 14.2. The van der Waals surface area contributed by atoms with Crippen LogP contribution in [0.3, 0.4) is 0 Å². The smallest absolute Gasteiger partial charge is 0.234 e. The van der Waals surface area contributed by atoms with E-state index in [4.69, 9.17) is 10.1 Å². The summed E-state index contributed by atoms with van der Waals surface area (Å²) in [6, 6.07) is 10.4. The number of rotatable bonds is 3. The van der Waals surface area contributed by atoms with Crippen LogP contribution < -0.4 is 4.90 Å². The first kappa shape index (κ1) is 18.8. The lowest BCUT2D eigenvalue weighted by Crippen LogP contribution is -2.61. The third kappa shape index (κ3) is 3.10. The maximum Gasteiger partial charge on any atom is 0.234 e. The molecule has 1 amide bonds. The first-order valence-corrected chi connectivity index (χ1v) is 11.6. The number of benzene rings is 1. The van der Waals surface area contributed by atoms with Gasteiger partial charge in [-0.25, -0.2) is 4.68 Å². The van der Waals surface area contributed by atoms with Crippen LogP contribution in [0.4, 0.5) is 5.95 Å². The molecule has 1 spiro atoms. The Morgan fingerprint density at radius 3 is 2.59 bits per heavy atom. The molecule has 3 aliphatic rings. The molecule has 2 atom stereocenters. The molecule has 5 nitrogen and oxygen atoms in total. The van der Waals surface area contributed by atoms with Crippen LogP contribution in [-0.4, -0.2) is 26.7 Å². The maximum atomic E-state index is 13.6. The number of aromatic nitrogens is 3. The average Bonchev–Trinajstić information content (AvgIpc) is 3.20. The van der Waals surface area contributed by atoms with Gasteiger partial charge in [0.1, 0.15) is 0 Å². The van der Waals surface area contributed by atoms with Crippen molar-refractivity contribution in [1.29, 1.82) is 0 Å². The molecule has 1 aliphatic heterocycles. The summed E-state index contributed by atoms with van der Waals surface area (Å²) in [6.07, 6.45) is 12.3. The van der Waals surface area contributed by atoms with E-state index in [9.17, 15) is 4.79 Å². The number of carbonyl (C=O) groups is 1. The van der Waals surface area contributed by atoms with Gasteiger partial charge < -0.3 is 0 Å². The molecule has 0 radical (unpaired) electrons. The molecule has 2 aliphatic carbocycles. The van der Waals surface area contributed by atoms with Gasteiger partial charge >= 0.3 is 0 Å². The number of nitrogens with zero attached hydrogens (tertiary/aromatic N) is 4. The van der Waals surface area contributed by atoms with Crippen molar-refractivity contribution in [3.05, 3.63) is 41.7 Å². The topological polar surface area (TPSA) is 51.0 Å². The number of fused-ring (bicyclic) bond motifs is 4. The fourth-order valence-electron chi connectivity index (χ4n) is 6.20. The van der Waals surface area contributed by atoms with E-state index in [1.807, 2.05) is 30.3 Å². The number of aryl methyl sites for hydroxylation is 1. The van der Waals surface area contributed by atoms with Gasteiger partial charge in [-0.1, -0.05) is 69.4 Å². The minimum absolute atomic E-state index is 0.0720. The van der Waals surface area contributed by atoms with Crippen molar-refractivity contribution >= 4 is 11.9 Å². The van der Waals surface area contributed by atoms with Gasteiger partial charge in [-0.2, -0.15) is 10.1 Å². The molecule has 2 heterocycles. The van der Waals surface area contributed by atoms with Crippen molar-refractivity contribution in [1.82, 2.24) is 14.8 Å². The lowest BCUT2D eigenvalue weighted by Gasteiger charge is -2.55. The van der Waals surface area contributed by atoms with Crippen molar-refractivity contribution in [2.45, 2.75) is 89.1 Å². The Labute approximate surface area is 173 Å². The second-order valence-electron chi connectivity index (χ2n) is 9.14. The van der Waals surface area contributed by atoms with E-state index in [1.165, 1.54) is 51.4 Å². The Kier molecular flexibility index (Phi) is 4.92. The summed E-state index contributed by atoms with van der Waals surface area (Å²) >= 11 is 0. The second-order valence-corrected chi connectivity index (χ2v) is 9.14. The van der Waals surface area contributed by atoms with Crippen molar-refractivity contribution in [3.8, 4) is 0 Å². The molecule has 5 rings (SSSR count). The molecule has 2 unspecified atom stereocenters. The van der Waals surface area contributed by atoms with Gasteiger partial charge in [0.15, 0.2) is 5.82 Å². The first-order valence-electron chi connectivity index (χ1n) is 11.6. The number of hydrogen-bond acceptors (Lipinski definition) is 3. The SMILES string of the molecule is CCc1nc2n(n1)C1(CCCCC1)C1CCCCC1N2C(=O)Cc1ccccc1. The molecule has 154 valence electrons. The second kappa shape index (κ2) is 7.58. The zero-order valence-electron chi connectivity index (χ0n) is 17.5. The Bertz CT molecular complexity index is 868. The number of anilines is 1. The molecule has 1 aromatic carbocycles. The summed E-state index contributed by atoms with van der Waals surface area (Å²) in [6.45, 7) is 2.11. The largest absolute Gasteiger partial charge is 0.277 e. The van der Waals surface area contributed by atoms with E-state index < -0.39 is 0 Å². The summed E-state index contributed by atoms with van der Waals surface area (Å²) in [4.78, 5) is 20.6. The molecule has 5 heteroatoms. The molecule has 2 aromatic rings. The van der Waals surface area contributed by atoms with E-state index in [-0.39, 0.29) is 17.5 Å². The minimum Gasteiger partial charge on any atom is -0.277 e. The van der Waals surface area contributed by atoms with Gasteiger partial charge in [0, 0.05) is 18.4 Å². The normalized spacial score (nSPS) is 25.5. The standard InChI is InChI=1S/C24H32N4O/c1-2-21-25-23-27(22(29)17-18-11-5-3-6-12-18)20-14-8-7-13-19(20)24(28(23)26-21)15-9-4-10-16-24/h3,5-6,11-12,19-20H,2,4,7-10,13-17H2,1H3. The molecular formula is C24H32N4O. The molecule has 2 saturated carbocycles. The van der Waals surface area contributed by atoms with E-state index in [0.717, 1.165) is 30.2 Å². The van der Waals surface area contributed by atoms with E-state index >= 15 is 0 Å². The fourth-order valence-corrected chi connectivity index (χ4v) is 6.20. The third-order valence-corrected chi connectivity index (χ3v) is 7.53. The van der Waals surface area contributed by atoms with E-state index in [1.54, 1.807) is 0 Å². The lowest BCUT2D eigenvalue weighted by molar-refractivity contribution is -0.120. The summed E-state index contributed by atoms with van der Waals surface area (Å²) in [7, 11) is 0. The highest BCUT2D eigenvalue weighted by molar-refractivity contribution is 5.94. The summed E-state index contributed by atoms with van der Waals surface area (Å²) in [5, 5.41) is 4.99. The predicted molar refractivity (Wildman–Crippen MR) is 114 cm³/mol. The highest BCUT2D eigenvalue weighted by Crippen LogP contribution is 2.52. The summed E-state index contributed by atoms with van der Waals surface area (Å²) in [5.41, 5.74) is 1.15. The Morgan fingerprint density at radius 1 is 1.07 bits per heavy atom. The predicted octanol–water partition coefficient (Wildman–Crippen LogP) is 4.65. The van der Waals surface area contributed by atoms with Gasteiger partial charge in [0.25, 0.3) is 0 Å².